The topological polar surface area (TPSA) is 175 Å². The smallest absolute Gasteiger partial charge is 0.306 e. The van der Waals surface area contributed by atoms with Crippen LogP contribution in [-0.2, 0) is 23.8 Å². The third-order valence-electron chi connectivity index (χ3n) is 15.6. The summed E-state index contributed by atoms with van der Waals surface area (Å²) in [7, 11) is 0. The van der Waals surface area contributed by atoms with Gasteiger partial charge >= 0.3 is 5.97 Å². The highest BCUT2D eigenvalue weighted by Crippen LogP contribution is 2.26. The average molecular weight is 1140 g/mol. The average Bonchev–Trinajstić information content (AvgIpc) is 3.47. The molecule has 8 unspecified atom stereocenters. The minimum Gasteiger partial charge on any atom is -0.454 e. The molecule has 0 radical (unpaired) electrons. The van der Waals surface area contributed by atoms with E-state index in [2.05, 4.69) is 86.8 Å². The van der Waals surface area contributed by atoms with Crippen molar-refractivity contribution in [2.75, 3.05) is 13.2 Å². The Labute approximate surface area is 496 Å². The summed E-state index contributed by atoms with van der Waals surface area (Å²) in [6.45, 7) is 5.69. The zero-order chi connectivity index (χ0) is 58.9. The van der Waals surface area contributed by atoms with E-state index in [1.54, 1.807) is 6.08 Å². The Balaban J connectivity index is 2.66. The first-order valence-corrected chi connectivity index (χ1v) is 33.7. The summed E-state index contributed by atoms with van der Waals surface area (Å²) >= 11 is 0. The van der Waals surface area contributed by atoms with Crippen LogP contribution in [0.15, 0.2) is 72.9 Å². The minimum atomic E-state index is -1.63. The number of rotatable bonds is 57. The molecule has 1 aliphatic heterocycles. The number of aliphatic hydroxyl groups is 5. The van der Waals surface area contributed by atoms with Crippen molar-refractivity contribution in [3.05, 3.63) is 72.9 Å². The highest BCUT2D eigenvalue weighted by molar-refractivity contribution is 5.80. The van der Waals surface area contributed by atoms with Crippen molar-refractivity contribution in [1.29, 1.82) is 0 Å². The van der Waals surface area contributed by atoms with Gasteiger partial charge in [-0.3, -0.25) is 9.59 Å². The molecule has 0 saturated carbocycles. The zero-order valence-electron chi connectivity index (χ0n) is 52.1. The molecule has 0 spiro atoms. The van der Waals surface area contributed by atoms with Gasteiger partial charge in [-0.25, -0.2) is 0 Å². The molecular weight excluding hydrogens is 1010 g/mol. The SMILES string of the molecule is CC/C=C\C/C=C\C/C=C\C/C=C\C/C=C\CCCCCC(=O)OC1C(OCC(NC(=O)C(O)CCCCCCCCCCCCCCCCCCCCCC)C(O)/C=C/CCCCCCCCCCCCC)OC(CO)C(O)C1O. The van der Waals surface area contributed by atoms with E-state index in [9.17, 15) is 35.1 Å². The number of hydrogen-bond donors (Lipinski definition) is 6. The molecule has 1 heterocycles. The molecule has 0 bridgehead atoms. The highest BCUT2D eigenvalue weighted by Gasteiger charge is 2.47. The van der Waals surface area contributed by atoms with Crippen LogP contribution in [-0.4, -0.2) is 99.6 Å². The molecule has 81 heavy (non-hydrogen) atoms. The van der Waals surface area contributed by atoms with E-state index in [0.717, 1.165) is 89.9 Å². The number of carbonyl (C=O) groups excluding carboxylic acids is 2. The molecule has 8 atom stereocenters. The number of carbonyl (C=O) groups is 2. The fraction of sp³-hybridized carbons (Fsp3) is 0.800. The van der Waals surface area contributed by atoms with Crippen LogP contribution in [0.4, 0.5) is 0 Å². The van der Waals surface area contributed by atoms with E-state index in [4.69, 9.17) is 14.2 Å². The Hall–Kier alpha value is -2.90. The summed E-state index contributed by atoms with van der Waals surface area (Å²) < 4.78 is 17.6. The van der Waals surface area contributed by atoms with Gasteiger partial charge in [-0.1, -0.05) is 293 Å². The zero-order valence-corrected chi connectivity index (χ0v) is 52.1. The lowest BCUT2D eigenvalue weighted by Gasteiger charge is -2.41. The van der Waals surface area contributed by atoms with Gasteiger partial charge in [-0.15, -0.1) is 0 Å². The lowest BCUT2D eigenvalue weighted by Crippen LogP contribution is -2.61. The Morgan fingerprint density at radius 1 is 0.494 bits per heavy atom. The highest BCUT2D eigenvalue weighted by atomic mass is 16.7. The van der Waals surface area contributed by atoms with Gasteiger partial charge in [0.25, 0.3) is 0 Å². The van der Waals surface area contributed by atoms with Gasteiger partial charge in [0.2, 0.25) is 5.91 Å². The Morgan fingerprint density at radius 3 is 1.33 bits per heavy atom. The molecule has 1 saturated heterocycles. The molecule has 1 fully saturated rings. The first-order valence-electron chi connectivity index (χ1n) is 33.7. The van der Waals surface area contributed by atoms with Gasteiger partial charge in [-0.05, 0) is 70.6 Å². The molecule has 470 valence electrons. The summed E-state index contributed by atoms with van der Waals surface area (Å²) in [6.07, 6.45) is 63.7. The number of ether oxygens (including phenoxy) is 3. The molecule has 1 rings (SSSR count). The summed E-state index contributed by atoms with van der Waals surface area (Å²) in [4.78, 5) is 26.6. The molecule has 11 nitrogen and oxygen atoms in total. The largest absolute Gasteiger partial charge is 0.454 e. The fourth-order valence-corrected chi connectivity index (χ4v) is 10.3. The predicted octanol–water partition coefficient (Wildman–Crippen LogP) is 16.7. The molecule has 11 heteroatoms. The van der Waals surface area contributed by atoms with E-state index in [-0.39, 0.29) is 13.0 Å². The van der Waals surface area contributed by atoms with Gasteiger partial charge < -0.3 is 45.1 Å². The normalized spacial score (nSPS) is 19.1. The number of amides is 1. The van der Waals surface area contributed by atoms with Crippen molar-refractivity contribution >= 4 is 11.9 Å². The predicted molar refractivity (Wildman–Crippen MR) is 338 cm³/mol. The second-order valence-corrected chi connectivity index (χ2v) is 23.2. The quantitative estimate of drug-likeness (QED) is 0.0195. The van der Waals surface area contributed by atoms with Crippen LogP contribution >= 0.6 is 0 Å². The molecular formula is C70H125NO10. The van der Waals surface area contributed by atoms with Crippen molar-refractivity contribution in [2.45, 2.75) is 346 Å². The van der Waals surface area contributed by atoms with E-state index in [1.165, 1.54) is 161 Å². The number of aliphatic hydroxyl groups excluding tert-OH is 5. The maximum absolute atomic E-state index is 13.5. The van der Waals surface area contributed by atoms with E-state index in [1.807, 2.05) is 6.08 Å². The van der Waals surface area contributed by atoms with Crippen LogP contribution in [0.5, 0.6) is 0 Å². The fourth-order valence-electron chi connectivity index (χ4n) is 10.3. The minimum absolute atomic E-state index is 0.0832. The molecule has 6 N–H and O–H groups in total. The lowest BCUT2D eigenvalue weighted by atomic mass is 9.99. The van der Waals surface area contributed by atoms with E-state index < -0.39 is 67.4 Å². The Bertz CT molecular complexity index is 1590. The maximum atomic E-state index is 13.5. The van der Waals surface area contributed by atoms with Crippen LogP contribution < -0.4 is 5.32 Å². The number of nitrogens with one attached hydrogen (secondary N) is 1. The standard InChI is InChI=1S/C70H125NO10/c1-4-7-10-13-16-19-22-25-27-29-31-33-34-36-39-42-45-48-51-54-57-63(74)69(78)71-61(62(73)56-53-50-47-44-41-38-24-21-18-15-12-9-6-3)60-79-70-68(67(77)66(76)64(59-72)80-70)81-65(75)58-55-52-49-46-43-40-37-35-32-30-28-26-23-20-17-14-11-8-5-2/h8,11,17,20,26,28,32,35,40,43,53,56,61-64,66-68,70,72-74,76-77H,4-7,9-10,12-16,18-19,21-25,27,29-31,33-34,36-39,41-42,44-52,54-55,57-60H2,1-3H3,(H,71,78)/b11-8-,20-17-,28-26-,35-32-,43-40-,56-53+. The lowest BCUT2D eigenvalue weighted by molar-refractivity contribution is -0.305. The van der Waals surface area contributed by atoms with Crippen LogP contribution in [0.2, 0.25) is 0 Å². The van der Waals surface area contributed by atoms with Crippen LogP contribution in [0.3, 0.4) is 0 Å². The molecule has 1 aliphatic rings. The number of esters is 1. The van der Waals surface area contributed by atoms with Crippen molar-refractivity contribution in [2.24, 2.45) is 0 Å². The van der Waals surface area contributed by atoms with Gasteiger partial charge in [0.05, 0.1) is 25.4 Å². The molecule has 0 aromatic rings. The monoisotopic (exact) mass is 1140 g/mol. The number of allylic oxidation sites excluding steroid dienone is 11. The van der Waals surface area contributed by atoms with Crippen molar-refractivity contribution in [3.8, 4) is 0 Å². The van der Waals surface area contributed by atoms with Crippen molar-refractivity contribution in [1.82, 2.24) is 5.32 Å². The number of hydrogen-bond acceptors (Lipinski definition) is 10. The van der Waals surface area contributed by atoms with Gasteiger partial charge in [0, 0.05) is 6.42 Å². The maximum Gasteiger partial charge on any atom is 0.306 e. The first kappa shape index (κ1) is 76.1. The van der Waals surface area contributed by atoms with E-state index in [0.29, 0.717) is 19.3 Å². The molecule has 0 aromatic heterocycles. The summed E-state index contributed by atoms with van der Waals surface area (Å²) in [5.74, 6) is -1.22. The van der Waals surface area contributed by atoms with Gasteiger partial charge in [-0.2, -0.15) is 0 Å². The third-order valence-corrected chi connectivity index (χ3v) is 15.6. The Kier molecular flexibility index (Phi) is 54.1. The molecule has 0 aliphatic carbocycles. The van der Waals surface area contributed by atoms with Crippen LogP contribution in [0.25, 0.3) is 0 Å². The Morgan fingerprint density at radius 2 is 0.889 bits per heavy atom. The van der Waals surface area contributed by atoms with Gasteiger partial charge in [0.1, 0.15) is 24.4 Å². The molecule has 0 aromatic carbocycles. The van der Waals surface area contributed by atoms with Gasteiger partial charge in [0.15, 0.2) is 12.4 Å². The van der Waals surface area contributed by atoms with Crippen molar-refractivity contribution in [3.63, 3.8) is 0 Å². The third kappa shape index (κ3) is 45.2. The second kappa shape index (κ2) is 57.5. The number of unbranched alkanes of at least 4 members (excludes halogenated alkanes) is 33. The van der Waals surface area contributed by atoms with Crippen LogP contribution in [0, 0.1) is 0 Å². The van der Waals surface area contributed by atoms with Crippen LogP contribution in [0.1, 0.15) is 297 Å². The van der Waals surface area contributed by atoms with Crippen molar-refractivity contribution < 1.29 is 49.3 Å². The summed E-state index contributed by atoms with van der Waals surface area (Å²) in [6, 6.07) is -1.03. The van der Waals surface area contributed by atoms with E-state index >= 15 is 0 Å². The summed E-state index contributed by atoms with van der Waals surface area (Å²) in [5, 5.41) is 57.1. The summed E-state index contributed by atoms with van der Waals surface area (Å²) in [5.41, 5.74) is 0. The second-order valence-electron chi connectivity index (χ2n) is 23.2. The first-order chi connectivity index (χ1) is 39.7. The molecule has 1 amide bonds.